The van der Waals surface area contributed by atoms with Gasteiger partial charge in [0.05, 0.1) is 35.1 Å². The van der Waals surface area contributed by atoms with Gasteiger partial charge in [0.2, 0.25) is 11.8 Å². The lowest BCUT2D eigenvalue weighted by Crippen LogP contribution is -2.52. The summed E-state index contributed by atoms with van der Waals surface area (Å²) in [5.74, 6) is -0.643. The highest BCUT2D eigenvalue weighted by molar-refractivity contribution is 6.05. The van der Waals surface area contributed by atoms with Crippen LogP contribution in [0.5, 0.6) is 0 Å². The Morgan fingerprint density at radius 1 is 0.804 bits per heavy atom. The number of pyridine rings is 1. The molecule has 15 heteroatoms. The number of halogens is 4. The maximum absolute atomic E-state index is 15.0. The number of carbonyl (C=O) groups is 3. The minimum Gasteiger partial charge on any atom is -0.372 e. The van der Waals surface area contributed by atoms with E-state index in [4.69, 9.17) is 10.2 Å². The Balaban J connectivity index is 0.780. The molecule has 8 rings (SSSR count). The van der Waals surface area contributed by atoms with E-state index >= 15 is 4.39 Å². The first kappa shape index (κ1) is 37.7. The minimum atomic E-state index is -4.94. The van der Waals surface area contributed by atoms with E-state index in [0.29, 0.717) is 49.5 Å². The summed E-state index contributed by atoms with van der Waals surface area (Å²) in [5.41, 5.74) is 1.25. The number of hydrogen-bond acceptors (Lipinski definition) is 9. The highest BCUT2D eigenvalue weighted by Crippen LogP contribution is 2.40. The van der Waals surface area contributed by atoms with Gasteiger partial charge in [0.15, 0.2) is 5.82 Å². The van der Waals surface area contributed by atoms with Crippen LogP contribution in [0.2, 0.25) is 0 Å². The molecule has 1 aromatic heterocycles. The third-order valence-corrected chi connectivity index (χ3v) is 12.3. The highest BCUT2D eigenvalue weighted by Gasteiger charge is 2.41. The fourth-order valence-corrected chi connectivity index (χ4v) is 9.09. The molecule has 294 valence electrons. The summed E-state index contributed by atoms with van der Waals surface area (Å²) < 4.78 is 55.6. The molecule has 3 aromatic rings. The van der Waals surface area contributed by atoms with Crippen molar-refractivity contribution in [3.8, 4) is 6.07 Å². The smallest absolute Gasteiger partial charge is 0.372 e. The molecule has 6 heterocycles. The van der Waals surface area contributed by atoms with Crippen molar-refractivity contribution in [2.24, 2.45) is 5.92 Å². The average Bonchev–Trinajstić information content (AvgIpc) is 3.52. The Morgan fingerprint density at radius 2 is 1.50 bits per heavy atom. The third-order valence-electron chi connectivity index (χ3n) is 12.3. The van der Waals surface area contributed by atoms with Gasteiger partial charge in [0, 0.05) is 71.0 Å². The summed E-state index contributed by atoms with van der Waals surface area (Å²) in [6.45, 7) is 7.66. The van der Waals surface area contributed by atoms with Crippen LogP contribution in [0, 0.1) is 23.1 Å². The number of nitrogens with zero attached hydrogens (tertiary/aromatic N) is 7. The lowest BCUT2D eigenvalue weighted by molar-refractivity contribution is -0.140. The SMILES string of the molecule is N#Cc1ccc(N2CCC(c3ccc(N4CCC(CN5CCN(c6ccc7c(n6)CN(C6CCC(=O)NC6=O)C7=O)CC5)CC4)cc3)CC2)c(F)c1C(F)(F)F. The van der Waals surface area contributed by atoms with Gasteiger partial charge in [0.1, 0.15) is 17.4 Å². The van der Waals surface area contributed by atoms with Crippen LogP contribution in [0.1, 0.15) is 77.2 Å². The third kappa shape index (κ3) is 7.51. The fraction of sp³-hybridized carbons (Fsp3) is 0.488. The van der Waals surface area contributed by atoms with Crippen LogP contribution < -0.4 is 20.0 Å². The largest absolute Gasteiger partial charge is 0.420 e. The van der Waals surface area contributed by atoms with E-state index in [-0.39, 0.29) is 36.4 Å². The van der Waals surface area contributed by atoms with Gasteiger partial charge in [-0.15, -0.1) is 0 Å². The van der Waals surface area contributed by atoms with Crippen molar-refractivity contribution in [3.05, 3.63) is 82.3 Å². The first-order valence-corrected chi connectivity index (χ1v) is 19.5. The van der Waals surface area contributed by atoms with Crippen molar-refractivity contribution in [2.45, 2.75) is 63.2 Å². The quantitative estimate of drug-likeness (QED) is 0.253. The van der Waals surface area contributed by atoms with Crippen LogP contribution in [0.4, 0.5) is 34.8 Å². The minimum absolute atomic E-state index is 0.106. The molecule has 0 aliphatic carbocycles. The second kappa shape index (κ2) is 15.4. The number of rotatable bonds is 7. The Hall–Kier alpha value is -5.23. The predicted molar refractivity (Wildman–Crippen MR) is 201 cm³/mol. The van der Waals surface area contributed by atoms with E-state index < -0.39 is 35.1 Å². The molecule has 5 aliphatic heterocycles. The number of aromatic nitrogens is 1. The Bertz CT molecular complexity index is 2030. The van der Waals surface area contributed by atoms with Crippen molar-refractivity contribution in [2.75, 3.05) is 73.6 Å². The Morgan fingerprint density at radius 3 is 2.16 bits per heavy atom. The number of carbonyl (C=O) groups excluding carboxylic acids is 3. The van der Waals surface area contributed by atoms with Gasteiger partial charge >= 0.3 is 6.18 Å². The summed E-state index contributed by atoms with van der Waals surface area (Å²) in [7, 11) is 0. The van der Waals surface area contributed by atoms with Crippen molar-refractivity contribution in [1.82, 2.24) is 20.1 Å². The molecule has 5 aliphatic rings. The number of piperidine rings is 3. The second-order valence-corrected chi connectivity index (χ2v) is 15.6. The number of anilines is 3. The second-order valence-electron chi connectivity index (χ2n) is 15.6. The summed E-state index contributed by atoms with van der Waals surface area (Å²) in [6.07, 6.45) is -0.813. The van der Waals surface area contributed by atoms with E-state index in [2.05, 4.69) is 44.3 Å². The standard InChI is InChI=1S/C41H44F4N8O3/c42-38-33(7-3-29(23-46)37(38)41(43,44)45)51-17-13-28(14-18-51)27-1-4-30(5-2-27)50-15-11-26(12-16-50)24-49-19-21-52(22-20-49)35-9-6-31-32(47-35)25-53(40(31)56)34-8-10-36(54)48-39(34)55/h1-7,9,26,28,34H,8,10-22,24-25H2,(H,48,54,55). The molecule has 0 radical (unpaired) electrons. The van der Waals surface area contributed by atoms with Gasteiger partial charge in [-0.3, -0.25) is 24.6 Å². The van der Waals surface area contributed by atoms with Gasteiger partial charge in [-0.2, -0.15) is 18.4 Å². The molecule has 1 N–H and O–H groups in total. The number of benzene rings is 2. The maximum atomic E-state index is 15.0. The van der Waals surface area contributed by atoms with Crippen molar-refractivity contribution >= 4 is 34.9 Å². The number of amides is 3. The molecule has 4 fully saturated rings. The monoisotopic (exact) mass is 772 g/mol. The van der Waals surface area contributed by atoms with Gasteiger partial charge in [0.25, 0.3) is 5.91 Å². The summed E-state index contributed by atoms with van der Waals surface area (Å²) in [6, 6.07) is 15.5. The molecule has 2 aromatic carbocycles. The normalized spacial score (nSPS) is 21.7. The van der Waals surface area contributed by atoms with Gasteiger partial charge in [-0.25, -0.2) is 9.37 Å². The molecule has 11 nitrogen and oxygen atoms in total. The number of fused-ring (bicyclic) bond motifs is 1. The highest BCUT2D eigenvalue weighted by atomic mass is 19.4. The number of nitriles is 1. The Kier molecular flexibility index (Phi) is 10.3. The first-order valence-electron chi connectivity index (χ1n) is 19.5. The maximum Gasteiger partial charge on any atom is 0.420 e. The van der Waals surface area contributed by atoms with E-state index in [1.807, 2.05) is 12.1 Å². The summed E-state index contributed by atoms with van der Waals surface area (Å²) in [4.78, 5) is 52.3. The lowest BCUT2D eigenvalue weighted by atomic mass is 9.88. The molecule has 1 unspecified atom stereocenters. The van der Waals surface area contributed by atoms with Crippen molar-refractivity contribution in [3.63, 3.8) is 0 Å². The zero-order valence-electron chi connectivity index (χ0n) is 31.0. The fourth-order valence-electron chi connectivity index (χ4n) is 9.09. The van der Waals surface area contributed by atoms with Crippen molar-refractivity contribution in [1.29, 1.82) is 5.26 Å². The zero-order valence-corrected chi connectivity index (χ0v) is 31.0. The molecule has 3 amide bonds. The molecule has 1 atom stereocenters. The number of hydrogen-bond donors (Lipinski definition) is 1. The molecule has 0 spiro atoms. The summed E-state index contributed by atoms with van der Waals surface area (Å²) in [5, 5.41) is 11.4. The van der Waals surface area contributed by atoms with E-state index in [0.717, 1.165) is 70.5 Å². The van der Waals surface area contributed by atoms with E-state index in [9.17, 15) is 27.6 Å². The van der Waals surface area contributed by atoms with Gasteiger partial charge in [-0.1, -0.05) is 12.1 Å². The molecule has 0 saturated carbocycles. The number of imide groups is 1. The molecular weight excluding hydrogens is 728 g/mol. The Labute approximate surface area is 322 Å². The molecular formula is C41H44F4N8O3. The number of piperazine rings is 1. The first-order chi connectivity index (χ1) is 27.0. The van der Waals surface area contributed by atoms with Crippen LogP contribution in [-0.2, 0) is 22.3 Å². The van der Waals surface area contributed by atoms with Crippen molar-refractivity contribution < 1.29 is 31.9 Å². The summed E-state index contributed by atoms with van der Waals surface area (Å²) >= 11 is 0. The van der Waals surface area contributed by atoms with Crippen LogP contribution in [-0.4, -0.2) is 97.4 Å². The van der Waals surface area contributed by atoms with Crippen LogP contribution >= 0.6 is 0 Å². The molecule has 0 bridgehead atoms. The van der Waals surface area contributed by atoms with Crippen LogP contribution in [0.15, 0.2) is 48.5 Å². The average molecular weight is 773 g/mol. The number of nitrogens with one attached hydrogen (secondary N) is 1. The molecule has 56 heavy (non-hydrogen) atoms. The van der Waals surface area contributed by atoms with E-state index in [1.165, 1.54) is 28.3 Å². The van der Waals surface area contributed by atoms with Gasteiger partial charge < -0.3 is 19.6 Å². The number of alkyl halides is 3. The topological polar surface area (TPSA) is 116 Å². The van der Waals surface area contributed by atoms with Crippen LogP contribution in [0.25, 0.3) is 0 Å². The van der Waals surface area contributed by atoms with Gasteiger partial charge in [-0.05, 0) is 85.9 Å². The van der Waals surface area contributed by atoms with Crippen LogP contribution in [0.3, 0.4) is 0 Å². The van der Waals surface area contributed by atoms with E-state index in [1.54, 1.807) is 4.90 Å². The zero-order chi connectivity index (χ0) is 39.1. The molecule has 4 saturated heterocycles. The predicted octanol–water partition coefficient (Wildman–Crippen LogP) is 5.29. The lowest BCUT2D eigenvalue weighted by Gasteiger charge is -2.40.